The molecule has 1 atom stereocenters. The number of aliphatic hydroxyl groups is 1. The van der Waals surface area contributed by atoms with Crippen molar-refractivity contribution >= 4 is 28.4 Å². The zero-order valence-electron chi connectivity index (χ0n) is 24.4. The van der Waals surface area contributed by atoms with Crippen molar-refractivity contribution in [2.24, 2.45) is 11.3 Å². The van der Waals surface area contributed by atoms with Gasteiger partial charge in [-0.2, -0.15) is 10.1 Å². The van der Waals surface area contributed by atoms with Crippen molar-refractivity contribution in [2.75, 3.05) is 44.4 Å². The summed E-state index contributed by atoms with van der Waals surface area (Å²) in [6, 6.07) is 2.18. The molecule has 1 fully saturated rings. The summed E-state index contributed by atoms with van der Waals surface area (Å²) in [4.78, 5) is 16.3. The predicted octanol–water partition coefficient (Wildman–Crippen LogP) is 4.35. The molecule has 4 N–H and O–H groups in total. The van der Waals surface area contributed by atoms with Gasteiger partial charge in [-0.1, -0.05) is 33.3 Å². The largest absolute Gasteiger partial charge is 0.495 e. The van der Waals surface area contributed by atoms with E-state index in [1.54, 1.807) is 13.3 Å². The lowest BCUT2D eigenvalue weighted by molar-refractivity contribution is 0.122. The van der Waals surface area contributed by atoms with Crippen LogP contribution in [0.4, 0.5) is 11.8 Å². The number of aromatic nitrogens is 5. The number of anilines is 2. The van der Waals surface area contributed by atoms with E-state index >= 15 is 0 Å². The normalized spacial score (nSPS) is 17.7. The van der Waals surface area contributed by atoms with E-state index in [0.29, 0.717) is 29.7 Å². The number of nitrogens with two attached hydrogens (primary N) is 1. The Balaban J connectivity index is 1.34. The van der Waals surface area contributed by atoms with Crippen LogP contribution < -0.4 is 15.8 Å². The summed E-state index contributed by atoms with van der Waals surface area (Å²) in [6.07, 6.45) is 12.2. The van der Waals surface area contributed by atoms with Crippen molar-refractivity contribution in [3.63, 3.8) is 0 Å². The van der Waals surface area contributed by atoms with Crippen molar-refractivity contribution in [2.45, 2.75) is 71.9 Å². The lowest BCUT2D eigenvalue weighted by Gasteiger charge is -2.46. The summed E-state index contributed by atoms with van der Waals surface area (Å²) in [7, 11) is 1.69. The zero-order chi connectivity index (χ0) is 28.3. The molecule has 1 aliphatic carbocycles. The fourth-order valence-electron chi connectivity index (χ4n) is 6.23. The number of methoxy groups -OCH3 is 1. The number of aliphatic hydroxyl groups excluding tert-OH is 1. The number of ether oxygens (including phenoxy) is 1. The van der Waals surface area contributed by atoms with E-state index in [1.807, 2.05) is 10.9 Å². The molecule has 5 rings (SSSR count). The van der Waals surface area contributed by atoms with E-state index < -0.39 is 0 Å². The lowest BCUT2D eigenvalue weighted by atomic mass is 9.64. The Labute approximate surface area is 237 Å². The minimum atomic E-state index is 0.0734. The number of pyridine rings is 1. The van der Waals surface area contributed by atoms with E-state index in [9.17, 15) is 5.11 Å². The molecule has 1 aliphatic heterocycles. The maximum Gasteiger partial charge on any atom is 0.222 e. The molecular weight excluding hydrogens is 504 g/mol. The van der Waals surface area contributed by atoms with Crippen LogP contribution in [-0.4, -0.2) is 74.1 Å². The predicted molar refractivity (Wildman–Crippen MR) is 159 cm³/mol. The van der Waals surface area contributed by atoms with Gasteiger partial charge in [0.15, 0.2) is 5.82 Å². The van der Waals surface area contributed by atoms with E-state index in [4.69, 9.17) is 15.5 Å². The molecule has 0 amide bonds. The van der Waals surface area contributed by atoms with Gasteiger partial charge in [0.1, 0.15) is 22.5 Å². The fourth-order valence-corrected chi connectivity index (χ4v) is 6.23. The first-order chi connectivity index (χ1) is 19.3. The highest BCUT2D eigenvalue weighted by Crippen LogP contribution is 2.51. The Morgan fingerprint density at radius 1 is 1.18 bits per heavy atom. The quantitative estimate of drug-likeness (QED) is 0.303. The molecule has 4 heterocycles. The van der Waals surface area contributed by atoms with Crippen molar-refractivity contribution in [1.29, 1.82) is 0 Å². The van der Waals surface area contributed by atoms with Gasteiger partial charge in [0.25, 0.3) is 0 Å². The smallest absolute Gasteiger partial charge is 0.222 e. The fraction of sp³-hybridized carbons (Fsp3) is 0.600. The summed E-state index contributed by atoms with van der Waals surface area (Å²) in [5, 5.41) is 17.6. The third kappa shape index (κ3) is 6.07. The number of fused-ring (bicyclic) bond motifs is 1. The third-order valence-corrected chi connectivity index (χ3v) is 8.28. The van der Waals surface area contributed by atoms with E-state index in [1.165, 1.54) is 38.0 Å². The summed E-state index contributed by atoms with van der Waals surface area (Å²) in [5.41, 5.74) is 11.1. The van der Waals surface area contributed by atoms with Crippen LogP contribution >= 0.6 is 0 Å². The molecule has 2 aliphatic rings. The number of likely N-dealkylation sites (tertiary alicyclic amines) is 1. The van der Waals surface area contributed by atoms with Gasteiger partial charge in [-0.05, 0) is 73.7 Å². The van der Waals surface area contributed by atoms with Crippen molar-refractivity contribution < 1.29 is 9.84 Å². The first-order valence-corrected chi connectivity index (χ1v) is 14.7. The van der Waals surface area contributed by atoms with Gasteiger partial charge in [0, 0.05) is 25.4 Å². The van der Waals surface area contributed by atoms with Crippen LogP contribution in [0.2, 0.25) is 0 Å². The molecule has 10 nitrogen and oxygen atoms in total. The number of nitrogen functional groups attached to an aromatic ring is 1. The Hall–Kier alpha value is -3.24. The van der Waals surface area contributed by atoms with Crippen LogP contribution in [0.3, 0.4) is 0 Å². The summed E-state index contributed by atoms with van der Waals surface area (Å²) < 4.78 is 7.64. The molecule has 1 saturated heterocycles. The van der Waals surface area contributed by atoms with Crippen LogP contribution in [0.25, 0.3) is 16.6 Å². The van der Waals surface area contributed by atoms with Gasteiger partial charge in [0.05, 0.1) is 19.9 Å². The minimum absolute atomic E-state index is 0.0734. The number of hydrogen-bond acceptors (Lipinski definition) is 9. The lowest BCUT2D eigenvalue weighted by Crippen LogP contribution is -2.43. The van der Waals surface area contributed by atoms with Crippen molar-refractivity contribution in [3.8, 4) is 5.75 Å². The highest BCUT2D eigenvalue weighted by Gasteiger charge is 2.40. The molecule has 10 heteroatoms. The molecule has 3 aromatic rings. The second-order valence-electron chi connectivity index (χ2n) is 11.9. The molecule has 0 radical (unpaired) electrons. The molecular formula is C30H44N8O2. The van der Waals surface area contributed by atoms with Gasteiger partial charge >= 0.3 is 0 Å². The summed E-state index contributed by atoms with van der Waals surface area (Å²) in [6.45, 7) is 10.8. The van der Waals surface area contributed by atoms with Crippen molar-refractivity contribution in [1.82, 2.24) is 29.6 Å². The van der Waals surface area contributed by atoms with Gasteiger partial charge in [-0.25, -0.2) is 4.98 Å². The van der Waals surface area contributed by atoms with E-state index in [2.05, 4.69) is 58.2 Å². The summed E-state index contributed by atoms with van der Waals surface area (Å²) >= 11 is 0. The molecule has 40 heavy (non-hydrogen) atoms. The molecule has 0 unspecified atom stereocenters. The van der Waals surface area contributed by atoms with Crippen LogP contribution in [0.1, 0.15) is 70.6 Å². The minimum Gasteiger partial charge on any atom is -0.495 e. The second kappa shape index (κ2) is 12.1. The maximum atomic E-state index is 9.53. The Bertz CT molecular complexity index is 1340. The molecule has 0 aromatic carbocycles. The third-order valence-electron chi connectivity index (χ3n) is 8.28. The van der Waals surface area contributed by atoms with Crippen LogP contribution in [-0.2, 0) is 6.54 Å². The molecule has 3 aromatic heterocycles. The second-order valence-corrected chi connectivity index (χ2v) is 11.9. The molecule has 1 spiro atoms. The molecule has 0 bridgehead atoms. The number of nitrogens with zero attached hydrogens (tertiary/aromatic N) is 6. The van der Waals surface area contributed by atoms with Gasteiger partial charge < -0.3 is 25.8 Å². The van der Waals surface area contributed by atoms with Crippen LogP contribution in [0.15, 0.2) is 24.5 Å². The molecule has 0 saturated carbocycles. The van der Waals surface area contributed by atoms with E-state index in [0.717, 1.165) is 47.7 Å². The van der Waals surface area contributed by atoms with Crippen LogP contribution in [0.5, 0.6) is 5.75 Å². The van der Waals surface area contributed by atoms with Gasteiger partial charge in [-0.15, -0.1) is 0 Å². The van der Waals surface area contributed by atoms with E-state index in [-0.39, 0.29) is 18.6 Å². The highest BCUT2D eigenvalue weighted by molar-refractivity contribution is 5.86. The maximum absolute atomic E-state index is 9.53. The topological polar surface area (TPSA) is 127 Å². The van der Waals surface area contributed by atoms with Gasteiger partial charge in [-0.3, -0.25) is 9.67 Å². The van der Waals surface area contributed by atoms with Crippen molar-refractivity contribution in [3.05, 3.63) is 35.8 Å². The standard InChI is InChI=1S/C30H44N8O2/c1-5-6-23(7-12-39)34-28-27-24(35-29(31)36-28)17-33-38(27)19-25-26(40-4)13-21(16-32-25)22-14-30(15-22)8-10-37(11-9-30)18-20(2)3/h13-14,16-17,20,23,39H,5-12,15,18-19H2,1-4H3,(H3,31,34,35,36)/t23-/m0/s1. The molecule has 216 valence electrons. The number of piperidine rings is 1. The van der Waals surface area contributed by atoms with Gasteiger partial charge in [0.2, 0.25) is 5.95 Å². The average molecular weight is 549 g/mol. The zero-order valence-corrected chi connectivity index (χ0v) is 24.4. The number of allylic oxidation sites excluding steroid dienone is 2. The Morgan fingerprint density at radius 3 is 2.62 bits per heavy atom. The number of hydrogen-bond donors (Lipinski definition) is 3. The Kier molecular flexibility index (Phi) is 8.56. The SMILES string of the molecule is CCC[C@@H](CCO)Nc1nc(N)nc2cnn(Cc3ncc(C4=CC5(CCN(CC(C)C)CC5)C4)cc3OC)c12. The van der Waals surface area contributed by atoms with Crippen LogP contribution in [0, 0.1) is 11.3 Å². The first kappa shape index (κ1) is 28.3. The first-order valence-electron chi connectivity index (χ1n) is 14.7. The number of nitrogens with one attached hydrogen (secondary N) is 1. The number of rotatable bonds is 12. The average Bonchev–Trinajstić information content (AvgIpc) is 3.30. The highest BCUT2D eigenvalue weighted by atomic mass is 16.5. The summed E-state index contributed by atoms with van der Waals surface area (Å²) in [5.74, 6) is 2.26. The Morgan fingerprint density at radius 2 is 1.95 bits per heavy atom. The monoisotopic (exact) mass is 548 g/mol.